The quantitative estimate of drug-likeness (QED) is 0.225. The second-order valence-corrected chi connectivity index (χ2v) is 7.83. The molecule has 0 fully saturated rings. The van der Waals surface area contributed by atoms with Crippen LogP contribution < -0.4 is 0 Å². The van der Waals surface area contributed by atoms with Crippen molar-refractivity contribution < 1.29 is 0 Å². The van der Waals surface area contributed by atoms with Crippen molar-refractivity contribution >= 4 is 69.6 Å². The molecule has 4 aromatic rings. The smallest absolute Gasteiger partial charge is 0.0991 e. The molecular weight excluding hydrogens is 484 g/mol. The molecule has 3 aromatic carbocycles. The van der Waals surface area contributed by atoms with Crippen molar-refractivity contribution in [2.24, 2.45) is 0 Å². The number of aromatic nitrogens is 2. The Hall–Kier alpha value is -1.30. The monoisotopic (exact) mass is 488 g/mol. The minimum Gasteiger partial charge on any atom is -0.244 e. The van der Waals surface area contributed by atoms with Crippen LogP contribution in [-0.4, -0.2) is 9.97 Å². The molecule has 1 aliphatic rings. The molecule has 23 heavy (non-hydrogen) atoms. The molecule has 0 aliphatic heterocycles. The summed E-state index contributed by atoms with van der Waals surface area (Å²) in [4.78, 5) is 9.78. The predicted molar refractivity (Wildman–Crippen MR) is 105 cm³/mol. The van der Waals surface area contributed by atoms with Gasteiger partial charge in [0.15, 0.2) is 0 Å². The van der Waals surface area contributed by atoms with Gasteiger partial charge >= 0.3 is 0 Å². The summed E-state index contributed by atoms with van der Waals surface area (Å²) in [5.41, 5.74) is 5.98. The summed E-state index contributed by atoms with van der Waals surface area (Å²) < 4.78 is 3.05. The van der Waals surface area contributed by atoms with Gasteiger partial charge in [0.2, 0.25) is 0 Å². The molecule has 5 rings (SSSR count). The lowest BCUT2D eigenvalue weighted by Crippen LogP contribution is -1.90. The van der Waals surface area contributed by atoms with Crippen LogP contribution >= 0.6 is 47.8 Å². The van der Waals surface area contributed by atoms with Gasteiger partial charge in [-0.15, -0.1) is 0 Å². The number of hydrogen-bond donors (Lipinski definition) is 0. The third-order valence-electron chi connectivity index (χ3n) is 4.22. The summed E-state index contributed by atoms with van der Waals surface area (Å²) in [6, 6.07) is 14.3. The van der Waals surface area contributed by atoms with Gasteiger partial charge in [-0.05, 0) is 65.3 Å². The fourth-order valence-electron chi connectivity index (χ4n) is 3.22. The molecule has 0 unspecified atom stereocenters. The third kappa shape index (κ3) is 1.78. The molecule has 0 bridgehead atoms. The number of para-hydroxylation sites is 2. The maximum absolute atomic E-state index is 4.90. The first-order valence-corrected chi connectivity index (χ1v) is 9.41. The molecule has 0 atom stereocenters. The second-order valence-electron chi connectivity index (χ2n) is 5.45. The van der Waals surface area contributed by atoms with Gasteiger partial charge in [-0.1, -0.05) is 30.3 Å². The van der Waals surface area contributed by atoms with Gasteiger partial charge in [-0.3, -0.25) is 0 Å². The van der Waals surface area contributed by atoms with E-state index in [0.717, 1.165) is 52.4 Å². The van der Waals surface area contributed by atoms with E-state index in [2.05, 4.69) is 66.0 Å². The first kappa shape index (κ1) is 14.1. The van der Waals surface area contributed by atoms with Crippen molar-refractivity contribution in [2.75, 3.05) is 0 Å². The Morgan fingerprint density at radius 2 is 1.35 bits per heavy atom. The zero-order valence-corrected chi connectivity index (χ0v) is 16.3. The molecule has 110 valence electrons. The standard InChI is InChI=1S/C18H7Br3N2/c19-14-8-4-3-5-9-12(8)13(15(20)16(14)21)18-17(9)22-10-6-1-2-7-11(10)23-18/h1-7H. The van der Waals surface area contributed by atoms with E-state index in [1.54, 1.807) is 0 Å². The third-order valence-corrected chi connectivity index (χ3v) is 7.69. The highest BCUT2D eigenvalue weighted by Crippen LogP contribution is 2.53. The van der Waals surface area contributed by atoms with Crippen molar-refractivity contribution in [1.29, 1.82) is 0 Å². The van der Waals surface area contributed by atoms with Crippen LogP contribution in [0, 0.1) is 0 Å². The van der Waals surface area contributed by atoms with Gasteiger partial charge < -0.3 is 0 Å². The first-order chi connectivity index (χ1) is 11.2. The van der Waals surface area contributed by atoms with Gasteiger partial charge in [0.05, 0.1) is 22.4 Å². The average molecular weight is 491 g/mol. The van der Waals surface area contributed by atoms with Gasteiger partial charge in [-0.2, -0.15) is 0 Å². The van der Waals surface area contributed by atoms with Crippen LogP contribution in [0.1, 0.15) is 0 Å². The Bertz CT molecular complexity index is 1150. The fourth-order valence-corrected chi connectivity index (χ4v) is 5.01. The van der Waals surface area contributed by atoms with E-state index in [-0.39, 0.29) is 0 Å². The predicted octanol–water partition coefficient (Wildman–Crippen LogP) is 6.72. The van der Waals surface area contributed by atoms with E-state index < -0.39 is 0 Å². The normalized spacial score (nSPS) is 12.1. The van der Waals surface area contributed by atoms with Gasteiger partial charge in [0.25, 0.3) is 0 Å². The van der Waals surface area contributed by atoms with E-state index in [4.69, 9.17) is 9.97 Å². The summed E-state index contributed by atoms with van der Waals surface area (Å²) in [6.45, 7) is 0. The van der Waals surface area contributed by atoms with Crippen molar-refractivity contribution in [3.8, 4) is 22.5 Å². The Labute approximate surface area is 157 Å². The molecule has 1 aliphatic carbocycles. The van der Waals surface area contributed by atoms with Crippen LogP contribution in [0.4, 0.5) is 0 Å². The van der Waals surface area contributed by atoms with Gasteiger partial charge in [0, 0.05) is 29.9 Å². The molecule has 2 nitrogen and oxygen atoms in total. The van der Waals surface area contributed by atoms with E-state index in [1.807, 2.05) is 24.3 Å². The van der Waals surface area contributed by atoms with E-state index in [1.165, 1.54) is 5.39 Å². The number of fused-ring (bicyclic) bond motifs is 4. The van der Waals surface area contributed by atoms with E-state index >= 15 is 0 Å². The molecular formula is C18H7Br3N2. The first-order valence-electron chi connectivity index (χ1n) is 7.03. The summed E-state index contributed by atoms with van der Waals surface area (Å²) in [7, 11) is 0. The SMILES string of the molecule is Brc1c(Br)c2c3c(cccc3c1Br)-c1nc3ccccc3nc1-2. The molecule has 0 spiro atoms. The lowest BCUT2D eigenvalue weighted by Gasteiger charge is -2.10. The maximum atomic E-state index is 4.90. The van der Waals surface area contributed by atoms with Gasteiger partial charge in [-0.25, -0.2) is 9.97 Å². The average Bonchev–Trinajstić information content (AvgIpc) is 2.90. The number of hydrogen-bond acceptors (Lipinski definition) is 2. The number of benzene rings is 3. The van der Waals surface area contributed by atoms with Gasteiger partial charge in [0.1, 0.15) is 0 Å². The molecule has 0 saturated carbocycles. The molecule has 0 N–H and O–H groups in total. The highest BCUT2D eigenvalue weighted by molar-refractivity contribution is 9.14. The molecule has 1 aromatic heterocycles. The van der Waals surface area contributed by atoms with Crippen molar-refractivity contribution in [2.45, 2.75) is 0 Å². The summed E-state index contributed by atoms with van der Waals surface area (Å²) >= 11 is 11.1. The van der Waals surface area contributed by atoms with Crippen LogP contribution in [0.5, 0.6) is 0 Å². The minimum absolute atomic E-state index is 0.915. The summed E-state index contributed by atoms with van der Waals surface area (Å²) in [5, 5.41) is 2.36. The zero-order valence-electron chi connectivity index (χ0n) is 11.6. The lowest BCUT2D eigenvalue weighted by atomic mass is 10.0. The summed E-state index contributed by atoms with van der Waals surface area (Å²) in [6.07, 6.45) is 0. The zero-order chi connectivity index (χ0) is 15.7. The highest BCUT2D eigenvalue weighted by Gasteiger charge is 2.29. The molecule has 0 radical (unpaired) electrons. The molecule has 0 saturated heterocycles. The Morgan fingerprint density at radius 3 is 2.09 bits per heavy atom. The van der Waals surface area contributed by atoms with Crippen molar-refractivity contribution in [3.63, 3.8) is 0 Å². The molecule has 0 amide bonds. The Morgan fingerprint density at radius 1 is 0.652 bits per heavy atom. The van der Waals surface area contributed by atoms with Crippen LogP contribution in [0.3, 0.4) is 0 Å². The topological polar surface area (TPSA) is 25.8 Å². The van der Waals surface area contributed by atoms with Crippen molar-refractivity contribution in [3.05, 3.63) is 55.9 Å². The second kappa shape index (κ2) is 4.85. The maximum Gasteiger partial charge on any atom is 0.0991 e. The van der Waals surface area contributed by atoms with E-state index in [9.17, 15) is 0 Å². The largest absolute Gasteiger partial charge is 0.244 e. The van der Waals surface area contributed by atoms with E-state index in [0.29, 0.717) is 0 Å². The number of rotatable bonds is 0. The number of nitrogens with zero attached hydrogens (tertiary/aromatic N) is 2. The molecule has 5 heteroatoms. The van der Waals surface area contributed by atoms with Crippen LogP contribution in [0.2, 0.25) is 0 Å². The van der Waals surface area contributed by atoms with Crippen molar-refractivity contribution in [1.82, 2.24) is 9.97 Å². The Balaban J connectivity index is 2.05. The fraction of sp³-hybridized carbons (Fsp3) is 0. The van der Waals surface area contributed by atoms with Crippen LogP contribution in [-0.2, 0) is 0 Å². The molecule has 1 heterocycles. The highest BCUT2D eigenvalue weighted by atomic mass is 79.9. The number of halogens is 3. The van der Waals surface area contributed by atoms with Crippen LogP contribution in [0.25, 0.3) is 44.3 Å². The lowest BCUT2D eigenvalue weighted by molar-refractivity contribution is 1.31. The summed E-state index contributed by atoms with van der Waals surface area (Å²) in [5.74, 6) is 0. The minimum atomic E-state index is 0.915. The van der Waals surface area contributed by atoms with Crippen LogP contribution in [0.15, 0.2) is 55.9 Å². The Kier molecular flexibility index (Phi) is 2.97.